The lowest BCUT2D eigenvalue weighted by atomic mass is 10.0. The summed E-state index contributed by atoms with van der Waals surface area (Å²) in [5.74, 6) is -1.67. The van der Waals surface area contributed by atoms with Crippen LogP contribution in [-0.4, -0.2) is 22.2 Å². The average Bonchev–Trinajstić information content (AvgIpc) is 2.39. The van der Waals surface area contributed by atoms with E-state index in [2.05, 4.69) is 62.4 Å². The van der Waals surface area contributed by atoms with Crippen LogP contribution in [0.15, 0.2) is 48.5 Å². The van der Waals surface area contributed by atoms with Crippen molar-refractivity contribution in [2.24, 2.45) is 0 Å². The highest BCUT2D eigenvalue weighted by Gasteiger charge is 1.95. The van der Waals surface area contributed by atoms with Crippen molar-refractivity contribution in [1.82, 2.24) is 0 Å². The monoisotopic (exact) mass is 302 g/mol. The Morgan fingerprint density at radius 3 is 1.00 bits per heavy atom. The predicted octanol–water partition coefficient (Wildman–Crippen LogP) is 4.15. The molecule has 0 heterocycles. The zero-order chi connectivity index (χ0) is 17.1. The lowest BCUT2D eigenvalue weighted by molar-refractivity contribution is -0.135. The summed E-state index contributed by atoms with van der Waals surface area (Å²) >= 11 is 0. The fraction of sp³-hybridized carbons (Fsp3) is 0.222. The molecule has 0 aliphatic heterocycles. The summed E-state index contributed by atoms with van der Waals surface area (Å²) in [6.07, 6.45) is 0. The number of carboxylic acids is 2. The van der Waals surface area contributed by atoms with Gasteiger partial charge in [0.1, 0.15) is 0 Å². The summed E-state index contributed by atoms with van der Waals surface area (Å²) in [5.41, 5.74) is 5.19. The number of rotatable bonds is 1. The molecule has 0 spiro atoms. The Hall–Kier alpha value is -2.62. The Labute approximate surface area is 131 Å². The minimum Gasteiger partial charge on any atom is -0.481 e. The van der Waals surface area contributed by atoms with E-state index in [-0.39, 0.29) is 0 Å². The van der Waals surface area contributed by atoms with Crippen molar-refractivity contribution >= 4 is 11.9 Å². The maximum absolute atomic E-state index is 9.00. The second-order valence-corrected chi connectivity index (χ2v) is 4.77. The van der Waals surface area contributed by atoms with Crippen molar-refractivity contribution in [2.45, 2.75) is 27.7 Å². The van der Waals surface area contributed by atoms with Gasteiger partial charge in [-0.1, -0.05) is 59.7 Å². The first-order chi connectivity index (χ1) is 10.2. The highest BCUT2D eigenvalue weighted by molar-refractivity contribution is 5.64. The third kappa shape index (κ3) is 10.2. The SMILES string of the molecule is CC(=O)O.CC(=O)O.Cc1ccc(-c2ccc(C)cc2)cc1. The van der Waals surface area contributed by atoms with Crippen molar-refractivity contribution in [1.29, 1.82) is 0 Å². The summed E-state index contributed by atoms with van der Waals surface area (Å²) in [7, 11) is 0. The molecule has 0 aliphatic carbocycles. The van der Waals surface area contributed by atoms with Crippen molar-refractivity contribution < 1.29 is 19.8 Å². The Morgan fingerprint density at radius 1 is 0.636 bits per heavy atom. The molecular weight excluding hydrogens is 280 g/mol. The molecule has 0 atom stereocenters. The van der Waals surface area contributed by atoms with Gasteiger partial charge in [0, 0.05) is 13.8 Å². The van der Waals surface area contributed by atoms with Gasteiger partial charge in [-0.05, 0) is 25.0 Å². The average molecular weight is 302 g/mol. The highest BCUT2D eigenvalue weighted by atomic mass is 16.4. The number of hydrogen-bond acceptors (Lipinski definition) is 2. The fourth-order valence-corrected chi connectivity index (χ4v) is 1.49. The van der Waals surface area contributed by atoms with E-state index in [1.54, 1.807) is 0 Å². The zero-order valence-electron chi connectivity index (χ0n) is 13.3. The molecule has 0 aromatic heterocycles. The summed E-state index contributed by atoms with van der Waals surface area (Å²) in [5, 5.41) is 14.8. The van der Waals surface area contributed by atoms with Crippen LogP contribution in [0.2, 0.25) is 0 Å². The van der Waals surface area contributed by atoms with Crippen LogP contribution in [0.4, 0.5) is 0 Å². The van der Waals surface area contributed by atoms with Crippen molar-refractivity contribution in [3.8, 4) is 11.1 Å². The molecule has 118 valence electrons. The van der Waals surface area contributed by atoms with E-state index >= 15 is 0 Å². The fourth-order valence-electron chi connectivity index (χ4n) is 1.49. The molecule has 4 heteroatoms. The molecule has 0 fully saturated rings. The Morgan fingerprint density at radius 2 is 0.818 bits per heavy atom. The number of hydrogen-bond donors (Lipinski definition) is 2. The Kier molecular flexibility index (Phi) is 8.95. The molecule has 2 N–H and O–H groups in total. The molecular formula is C18H22O4. The molecule has 2 aromatic rings. The maximum Gasteiger partial charge on any atom is 0.300 e. The summed E-state index contributed by atoms with van der Waals surface area (Å²) in [6.45, 7) is 6.39. The van der Waals surface area contributed by atoms with Gasteiger partial charge in [-0.3, -0.25) is 9.59 Å². The van der Waals surface area contributed by atoms with E-state index in [1.165, 1.54) is 22.3 Å². The molecule has 2 rings (SSSR count). The summed E-state index contributed by atoms with van der Waals surface area (Å²) < 4.78 is 0. The van der Waals surface area contributed by atoms with E-state index in [0.717, 1.165) is 13.8 Å². The first kappa shape index (κ1) is 19.4. The lowest BCUT2D eigenvalue weighted by Gasteiger charge is -2.02. The third-order valence-electron chi connectivity index (χ3n) is 2.44. The molecule has 0 radical (unpaired) electrons. The smallest absolute Gasteiger partial charge is 0.300 e. The Balaban J connectivity index is 0.000000464. The molecule has 0 aliphatic rings. The summed E-state index contributed by atoms with van der Waals surface area (Å²) in [4.78, 5) is 18.0. The lowest BCUT2D eigenvalue weighted by Crippen LogP contribution is -1.78. The van der Waals surface area contributed by atoms with Crippen molar-refractivity contribution in [3.63, 3.8) is 0 Å². The van der Waals surface area contributed by atoms with Crippen molar-refractivity contribution in [2.75, 3.05) is 0 Å². The number of benzene rings is 2. The van der Waals surface area contributed by atoms with Crippen LogP contribution in [0.5, 0.6) is 0 Å². The van der Waals surface area contributed by atoms with Gasteiger partial charge in [-0.15, -0.1) is 0 Å². The third-order valence-corrected chi connectivity index (χ3v) is 2.44. The van der Waals surface area contributed by atoms with E-state index in [9.17, 15) is 0 Å². The van der Waals surface area contributed by atoms with Crippen LogP contribution in [0.3, 0.4) is 0 Å². The Bertz CT molecular complexity index is 520. The second kappa shape index (κ2) is 10.2. The highest BCUT2D eigenvalue weighted by Crippen LogP contribution is 2.19. The molecule has 0 amide bonds. The molecule has 0 unspecified atom stereocenters. The van der Waals surface area contributed by atoms with E-state index in [0.29, 0.717) is 0 Å². The van der Waals surface area contributed by atoms with Gasteiger partial charge in [0.05, 0.1) is 0 Å². The molecule has 0 bridgehead atoms. The van der Waals surface area contributed by atoms with Crippen LogP contribution < -0.4 is 0 Å². The number of aryl methyl sites for hydroxylation is 2. The van der Waals surface area contributed by atoms with E-state index < -0.39 is 11.9 Å². The zero-order valence-corrected chi connectivity index (χ0v) is 13.3. The molecule has 0 saturated carbocycles. The molecule has 2 aromatic carbocycles. The minimum absolute atomic E-state index is 0.833. The van der Waals surface area contributed by atoms with E-state index in [1.807, 2.05) is 0 Å². The van der Waals surface area contributed by atoms with Crippen molar-refractivity contribution in [3.05, 3.63) is 59.7 Å². The van der Waals surface area contributed by atoms with Gasteiger partial charge in [0.15, 0.2) is 0 Å². The van der Waals surface area contributed by atoms with Crippen LogP contribution in [0.1, 0.15) is 25.0 Å². The molecule has 22 heavy (non-hydrogen) atoms. The van der Waals surface area contributed by atoms with Gasteiger partial charge in [-0.25, -0.2) is 0 Å². The number of carbonyl (C=O) groups is 2. The number of aliphatic carboxylic acids is 2. The number of carboxylic acid groups (broad SMARTS) is 2. The van der Waals surface area contributed by atoms with Crippen LogP contribution in [0.25, 0.3) is 11.1 Å². The molecule has 4 nitrogen and oxygen atoms in total. The largest absolute Gasteiger partial charge is 0.481 e. The van der Waals surface area contributed by atoms with Gasteiger partial charge >= 0.3 is 0 Å². The topological polar surface area (TPSA) is 74.6 Å². The quantitative estimate of drug-likeness (QED) is 0.829. The first-order valence-electron chi connectivity index (χ1n) is 6.75. The molecule has 0 saturated heterocycles. The van der Waals surface area contributed by atoms with Gasteiger partial charge < -0.3 is 10.2 Å². The summed E-state index contributed by atoms with van der Waals surface area (Å²) in [6, 6.07) is 17.3. The standard InChI is InChI=1S/C14H14.2C2H4O2/c1-11-3-7-13(8-4-11)14-9-5-12(2)6-10-14;2*1-2(3)4/h3-10H,1-2H3;2*1H3,(H,3,4). The van der Waals surface area contributed by atoms with Crippen LogP contribution in [-0.2, 0) is 9.59 Å². The minimum atomic E-state index is -0.833. The van der Waals surface area contributed by atoms with E-state index in [4.69, 9.17) is 19.8 Å². The van der Waals surface area contributed by atoms with Crippen LogP contribution >= 0.6 is 0 Å². The first-order valence-corrected chi connectivity index (χ1v) is 6.75. The van der Waals surface area contributed by atoms with Gasteiger partial charge in [-0.2, -0.15) is 0 Å². The van der Waals surface area contributed by atoms with Gasteiger partial charge in [0.2, 0.25) is 0 Å². The second-order valence-electron chi connectivity index (χ2n) is 4.77. The van der Waals surface area contributed by atoms with Gasteiger partial charge in [0.25, 0.3) is 11.9 Å². The van der Waals surface area contributed by atoms with Crippen LogP contribution in [0, 0.1) is 13.8 Å². The maximum atomic E-state index is 9.00. The normalized spacial score (nSPS) is 8.73. The predicted molar refractivity (Wildman–Crippen MR) is 88.0 cm³/mol.